The molecule has 24 heavy (non-hydrogen) atoms. The molecule has 0 aliphatic carbocycles. The molecule has 2 amide bonds. The highest BCUT2D eigenvalue weighted by molar-refractivity contribution is 5.94. The highest BCUT2D eigenvalue weighted by atomic mass is 19.4. The molecule has 0 saturated carbocycles. The molecule has 1 aromatic rings. The minimum Gasteiger partial charge on any atom is -0.347 e. The molecule has 0 atom stereocenters. The zero-order chi connectivity index (χ0) is 17.7. The molecule has 0 radical (unpaired) electrons. The predicted octanol–water partition coefficient (Wildman–Crippen LogP) is 2.09. The predicted molar refractivity (Wildman–Crippen MR) is 78.8 cm³/mol. The van der Waals surface area contributed by atoms with E-state index in [1.54, 1.807) is 29.2 Å². The number of halogens is 3. The van der Waals surface area contributed by atoms with Crippen molar-refractivity contribution in [1.82, 2.24) is 10.2 Å². The van der Waals surface area contributed by atoms with Gasteiger partial charge in [-0.2, -0.15) is 18.4 Å². The van der Waals surface area contributed by atoms with E-state index in [1.807, 2.05) is 11.4 Å². The topological polar surface area (TPSA) is 73.2 Å². The summed E-state index contributed by atoms with van der Waals surface area (Å²) >= 11 is 0. The van der Waals surface area contributed by atoms with Crippen LogP contribution >= 0.6 is 0 Å². The van der Waals surface area contributed by atoms with Crippen LogP contribution in [0.3, 0.4) is 0 Å². The van der Waals surface area contributed by atoms with Crippen LogP contribution in [-0.2, 0) is 4.79 Å². The van der Waals surface area contributed by atoms with Crippen LogP contribution < -0.4 is 5.32 Å². The average molecular weight is 339 g/mol. The second-order valence-electron chi connectivity index (χ2n) is 5.59. The van der Waals surface area contributed by atoms with Gasteiger partial charge < -0.3 is 10.2 Å². The van der Waals surface area contributed by atoms with Gasteiger partial charge in [0.1, 0.15) is 6.54 Å². The number of nitriles is 1. The minimum absolute atomic E-state index is 0.214. The largest absolute Gasteiger partial charge is 0.405 e. The first-order chi connectivity index (χ1) is 11.3. The standard InChI is InChI=1S/C16H16F3N3O2/c17-16(18,19)10-21-14(23)12-5-7-22(8-6-12)15(24)13-3-1-11(9-20)2-4-13/h1-4,12H,5-8,10H2,(H,21,23). The smallest absolute Gasteiger partial charge is 0.347 e. The SMILES string of the molecule is N#Cc1ccc(C(=O)N2CCC(C(=O)NCC(F)(F)F)CC2)cc1. The van der Waals surface area contributed by atoms with Gasteiger partial charge >= 0.3 is 6.18 Å². The maximum Gasteiger partial charge on any atom is 0.405 e. The first-order valence-corrected chi connectivity index (χ1v) is 7.44. The summed E-state index contributed by atoms with van der Waals surface area (Å²) in [5.74, 6) is -1.36. The summed E-state index contributed by atoms with van der Waals surface area (Å²) in [4.78, 5) is 25.6. The van der Waals surface area contributed by atoms with Gasteiger partial charge in [-0.15, -0.1) is 0 Å². The van der Waals surface area contributed by atoms with Gasteiger partial charge in [0, 0.05) is 24.6 Å². The Kier molecular flexibility index (Phi) is 5.44. The fraction of sp³-hybridized carbons (Fsp3) is 0.438. The van der Waals surface area contributed by atoms with Crippen LogP contribution in [-0.4, -0.2) is 42.5 Å². The summed E-state index contributed by atoms with van der Waals surface area (Å²) in [5, 5.41) is 10.6. The van der Waals surface area contributed by atoms with Gasteiger partial charge in [0.05, 0.1) is 11.6 Å². The molecule has 2 rings (SSSR count). The Morgan fingerprint density at radius 2 is 1.79 bits per heavy atom. The maximum absolute atomic E-state index is 12.3. The van der Waals surface area contributed by atoms with Crippen LogP contribution in [0.15, 0.2) is 24.3 Å². The number of rotatable bonds is 3. The van der Waals surface area contributed by atoms with Crippen molar-refractivity contribution in [3.8, 4) is 6.07 Å². The summed E-state index contributed by atoms with van der Waals surface area (Å²) in [6.45, 7) is -0.720. The zero-order valence-electron chi connectivity index (χ0n) is 12.8. The lowest BCUT2D eigenvalue weighted by molar-refractivity contribution is -0.141. The number of alkyl halides is 3. The van der Waals surface area contributed by atoms with Crippen LogP contribution in [0.1, 0.15) is 28.8 Å². The minimum atomic E-state index is -4.43. The lowest BCUT2D eigenvalue weighted by Gasteiger charge is -2.31. The molecule has 1 fully saturated rings. The van der Waals surface area contributed by atoms with Crippen LogP contribution in [0.5, 0.6) is 0 Å². The molecule has 0 unspecified atom stereocenters. The Balaban J connectivity index is 1.86. The highest BCUT2D eigenvalue weighted by Crippen LogP contribution is 2.20. The molecule has 1 heterocycles. The Labute approximate surface area is 137 Å². The summed E-state index contributed by atoms with van der Waals surface area (Å²) < 4.78 is 36.3. The van der Waals surface area contributed by atoms with Crippen molar-refractivity contribution in [3.63, 3.8) is 0 Å². The van der Waals surface area contributed by atoms with Crippen LogP contribution in [0.4, 0.5) is 13.2 Å². The third kappa shape index (κ3) is 4.72. The molecule has 1 saturated heterocycles. The second-order valence-corrected chi connectivity index (χ2v) is 5.59. The van der Waals surface area contributed by atoms with E-state index in [-0.39, 0.29) is 5.91 Å². The van der Waals surface area contributed by atoms with Crippen molar-refractivity contribution >= 4 is 11.8 Å². The summed E-state index contributed by atoms with van der Waals surface area (Å²) in [6.07, 6.45) is -3.78. The van der Waals surface area contributed by atoms with Crippen LogP contribution in [0.2, 0.25) is 0 Å². The van der Waals surface area contributed by atoms with Crippen molar-refractivity contribution in [2.45, 2.75) is 19.0 Å². The molecule has 1 aliphatic heterocycles. The molecular formula is C16H16F3N3O2. The maximum atomic E-state index is 12.3. The van der Waals surface area contributed by atoms with Crippen LogP contribution in [0, 0.1) is 17.2 Å². The Morgan fingerprint density at radius 3 is 2.29 bits per heavy atom. The number of likely N-dealkylation sites (tertiary alicyclic amines) is 1. The number of amides is 2. The molecule has 0 spiro atoms. The van der Waals surface area contributed by atoms with Crippen molar-refractivity contribution < 1.29 is 22.8 Å². The second kappa shape index (κ2) is 7.34. The molecular weight excluding hydrogens is 323 g/mol. The molecule has 128 valence electrons. The van der Waals surface area contributed by atoms with Gasteiger partial charge in [-0.05, 0) is 37.1 Å². The number of benzene rings is 1. The van der Waals surface area contributed by atoms with Gasteiger partial charge in [0.25, 0.3) is 5.91 Å². The fourth-order valence-electron chi connectivity index (χ4n) is 2.55. The van der Waals surface area contributed by atoms with E-state index in [1.165, 1.54) is 0 Å². The fourth-order valence-corrected chi connectivity index (χ4v) is 2.55. The zero-order valence-corrected chi connectivity index (χ0v) is 12.8. The van der Waals surface area contributed by atoms with E-state index >= 15 is 0 Å². The third-order valence-electron chi connectivity index (χ3n) is 3.88. The van der Waals surface area contributed by atoms with Gasteiger partial charge in [-0.1, -0.05) is 0 Å². The van der Waals surface area contributed by atoms with E-state index in [0.717, 1.165) is 0 Å². The number of nitrogens with one attached hydrogen (secondary N) is 1. The molecule has 0 bridgehead atoms. The van der Waals surface area contributed by atoms with Crippen molar-refractivity contribution in [2.75, 3.05) is 19.6 Å². The summed E-state index contributed by atoms with van der Waals surface area (Å²) in [6, 6.07) is 8.17. The van der Waals surface area contributed by atoms with Gasteiger partial charge in [0.15, 0.2) is 0 Å². The summed E-state index contributed by atoms with van der Waals surface area (Å²) in [5.41, 5.74) is 0.889. The van der Waals surface area contributed by atoms with E-state index in [9.17, 15) is 22.8 Å². The lowest BCUT2D eigenvalue weighted by atomic mass is 9.95. The summed E-state index contributed by atoms with van der Waals surface area (Å²) in [7, 11) is 0. The van der Waals surface area contributed by atoms with E-state index in [2.05, 4.69) is 0 Å². The molecule has 1 N–H and O–H groups in total. The van der Waals surface area contributed by atoms with Gasteiger partial charge in [-0.3, -0.25) is 9.59 Å². The van der Waals surface area contributed by atoms with E-state index < -0.39 is 24.5 Å². The lowest BCUT2D eigenvalue weighted by Crippen LogP contribution is -2.44. The Bertz CT molecular complexity index is 642. The van der Waals surface area contributed by atoms with E-state index in [4.69, 9.17) is 5.26 Å². The molecule has 0 aromatic heterocycles. The van der Waals surface area contributed by atoms with Crippen LogP contribution in [0.25, 0.3) is 0 Å². The molecule has 1 aliphatic rings. The monoisotopic (exact) mass is 339 g/mol. The first kappa shape index (κ1) is 17.8. The number of piperidine rings is 1. The molecule has 1 aromatic carbocycles. The number of carbonyl (C=O) groups is 2. The normalized spacial score (nSPS) is 15.7. The first-order valence-electron chi connectivity index (χ1n) is 7.44. The number of hydrogen-bond donors (Lipinski definition) is 1. The van der Waals surface area contributed by atoms with Gasteiger partial charge in [0.2, 0.25) is 5.91 Å². The Hall–Kier alpha value is -2.56. The van der Waals surface area contributed by atoms with Gasteiger partial charge in [-0.25, -0.2) is 0 Å². The quantitative estimate of drug-likeness (QED) is 0.916. The van der Waals surface area contributed by atoms with Crippen molar-refractivity contribution in [1.29, 1.82) is 5.26 Å². The number of carbonyl (C=O) groups excluding carboxylic acids is 2. The molecule has 5 nitrogen and oxygen atoms in total. The van der Waals surface area contributed by atoms with Crippen molar-refractivity contribution in [2.24, 2.45) is 5.92 Å². The molecule has 8 heteroatoms. The average Bonchev–Trinajstić information content (AvgIpc) is 2.58. The van der Waals surface area contributed by atoms with E-state index in [0.29, 0.717) is 37.1 Å². The number of hydrogen-bond acceptors (Lipinski definition) is 3. The number of nitrogens with zero attached hydrogens (tertiary/aromatic N) is 2. The Morgan fingerprint density at radius 1 is 1.21 bits per heavy atom. The van der Waals surface area contributed by atoms with Crippen molar-refractivity contribution in [3.05, 3.63) is 35.4 Å². The highest BCUT2D eigenvalue weighted by Gasteiger charge is 2.31. The third-order valence-corrected chi connectivity index (χ3v) is 3.88.